The molecule has 1 aromatic carbocycles. The van der Waals surface area contributed by atoms with Gasteiger partial charge >= 0.3 is 0 Å². The number of amides is 1. The first kappa shape index (κ1) is 18.5. The van der Waals surface area contributed by atoms with E-state index in [2.05, 4.69) is 20.1 Å². The highest BCUT2D eigenvalue weighted by Crippen LogP contribution is 2.26. The normalized spacial score (nSPS) is 15.3. The minimum absolute atomic E-state index is 0.0607. The van der Waals surface area contributed by atoms with Crippen LogP contribution in [0.15, 0.2) is 23.4 Å². The number of carbonyl (C=O) groups excluding carboxylic acids is 1. The van der Waals surface area contributed by atoms with Crippen LogP contribution >= 0.6 is 35.0 Å². The number of thioether (sulfide) groups is 1. The largest absolute Gasteiger partial charge is 0.349 e. The van der Waals surface area contributed by atoms with Crippen molar-refractivity contribution in [2.24, 2.45) is 0 Å². The Kier molecular flexibility index (Phi) is 6.25. The van der Waals surface area contributed by atoms with Crippen molar-refractivity contribution in [1.29, 1.82) is 0 Å². The summed E-state index contributed by atoms with van der Waals surface area (Å²) in [4.78, 5) is 12.3. The van der Waals surface area contributed by atoms with E-state index in [1.807, 2.05) is 13.0 Å². The zero-order chi connectivity index (χ0) is 17.8. The molecule has 0 bridgehead atoms. The van der Waals surface area contributed by atoms with E-state index in [-0.39, 0.29) is 11.9 Å². The Morgan fingerprint density at radius 3 is 2.96 bits per heavy atom. The number of fused-ring (bicyclic) bond motifs is 1. The van der Waals surface area contributed by atoms with Crippen molar-refractivity contribution in [3.05, 3.63) is 39.6 Å². The molecule has 0 spiro atoms. The van der Waals surface area contributed by atoms with Crippen molar-refractivity contribution >= 4 is 40.9 Å². The minimum Gasteiger partial charge on any atom is -0.349 e. The van der Waals surface area contributed by atoms with Crippen LogP contribution in [0.2, 0.25) is 10.0 Å². The Balaban J connectivity index is 1.57. The number of hydrogen-bond donors (Lipinski definition) is 1. The summed E-state index contributed by atoms with van der Waals surface area (Å²) in [6, 6.07) is 5.10. The first-order chi connectivity index (χ1) is 12.0. The number of rotatable bonds is 5. The van der Waals surface area contributed by atoms with Crippen molar-refractivity contribution in [3.8, 4) is 0 Å². The van der Waals surface area contributed by atoms with Gasteiger partial charge in [-0.3, -0.25) is 4.79 Å². The van der Waals surface area contributed by atoms with Gasteiger partial charge in [0.25, 0.3) is 0 Å². The van der Waals surface area contributed by atoms with E-state index in [1.165, 1.54) is 18.2 Å². The lowest BCUT2D eigenvalue weighted by molar-refractivity contribution is -0.119. The highest BCUT2D eigenvalue weighted by molar-refractivity contribution is 7.99. The van der Waals surface area contributed by atoms with Gasteiger partial charge in [-0.2, -0.15) is 0 Å². The van der Waals surface area contributed by atoms with Gasteiger partial charge < -0.3 is 9.88 Å². The Labute approximate surface area is 161 Å². The van der Waals surface area contributed by atoms with E-state index >= 15 is 0 Å². The molecule has 1 unspecified atom stereocenters. The maximum Gasteiger partial charge on any atom is 0.230 e. The Morgan fingerprint density at radius 1 is 1.32 bits per heavy atom. The molecule has 2 heterocycles. The average Bonchev–Trinajstić information content (AvgIpc) is 2.79. The van der Waals surface area contributed by atoms with Crippen molar-refractivity contribution < 1.29 is 4.79 Å². The molecule has 0 radical (unpaired) electrons. The molecule has 1 aliphatic heterocycles. The fourth-order valence-corrected chi connectivity index (χ4v) is 4.28. The van der Waals surface area contributed by atoms with Gasteiger partial charge in [0.1, 0.15) is 5.82 Å². The van der Waals surface area contributed by atoms with Gasteiger partial charge in [-0.1, -0.05) is 47.5 Å². The predicted molar refractivity (Wildman–Crippen MR) is 101 cm³/mol. The van der Waals surface area contributed by atoms with Gasteiger partial charge in [0.2, 0.25) is 5.91 Å². The zero-order valence-corrected chi connectivity index (χ0v) is 16.3. The molecule has 1 aliphatic rings. The summed E-state index contributed by atoms with van der Waals surface area (Å²) in [5, 5.41) is 13.4. The molecule has 1 amide bonds. The minimum atomic E-state index is -0.187. The number of nitrogens with zero attached hydrogens (tertiary/aromatic N) is 3. The van der Waals surface area contributed by atoms with Crippen LogP contribution in [-0.4, -0.2) is 26.4 Å². The molecule has 2 aromatic rings. The van der Waals surface area contributed by atoms with Crippen LogP contribution in [0.3, 0.4) is 0 Å². The number of aromatic nitrogens is 3. The summed E-state index contributed by atoms with van der Waals surface area (Å²) in [6.07, 6.45) is 4.47. The average molecular weight is 399 g/mol. The first-order valence-corrected chi connectivity index (χ1v) is 10.1. The molecule has 0 fully saturated rings. The van der Waals surface area contributed by atoms with Gasteiger partial charge in [0, 0.05) is 23.0 Å². The van der Waals surface area contributed by atoms with Crippen LogP contribution in [0.4, 0.5) is 0 Å². The van der Waals surface area contributed by atoms with E-state index < -0.39 is 0 Å². The fourth-order valence-electron chi connectivity index (χ4n) is 2.91. The van der Waals surface area contributed by atoms with E-state index in [0.29, 0.717) is 15.8 Å². The van der Waals surface area contributed by atoms with Gasteiger partial charge in [-0.05, 0) is 37.5 Å². The third-order valence-electron chi connectivity index (χ3n) is 4.21. The fraction of sp³-hybridized carbons (Fsp3) is 0.471. The van der Waals surface area contributed by atoms with E-state index in [4.69, 9.17) is 23.2 Å². The molecular formula is C17H20Cl2N4OS. The molecule has 1 atom stereocenters. The number of benzene rings is 1. The predicted octanol–water partition coefficient (Wildman–Crippen LogP) is 4.28. The molecule has 0 saturated carbocycles. The SMILES string of the molecule is CC(NC(=O)CSc1nnc2n1CCCCC2)c1ccc(Cl)cc1Cl. The second kappa shape index (κ2) is 8.43. The number of hydrogen-bond acceptors (Lipinski definition) is 4. The van der Waals surface area contributed by atoms with Crippen molar-refractivity contribution in [3.63, 3.8) is 0 Å². The highest BCUT2D eigenvalue weighted by atomic mass is 35.5. The second-order valence-corrected chi connectivity index (χ2v) is 7.89. The molecule has 0 aliphatic carbocycles. The lowest BCUT2D eigenvalue weighted by Crippen LogP contribution is -2.28. The molecular weight excluding hydrogens is 379 g/mol. The van der Waals surface area contributed by atoms with Crippen LogP contribution in [-0.2, 0) is 17.8 Å². The molecule has 134 valence electrons. The quantitative estimate of drug-likeness (QED) is 0.763. The molecule has 8 heteroatoms. The Hall–Kier alpha value is -1.24. The highest BCUT2D eigenvalue weighted by Gasteiger charge is 2.17. The second-order valence-electron chi connectivity index (χ2n) is 6.10. The Morgan fingerprint density at radius 2 is 2.16 bits per heavy atom. The van der Waals surface area contributed by atoms with Crippen LogP contribution in [0.25, 0.3) is 0 Å². The van der Waals surface area contributed by atoms with Crippen molar-refractivity contribution in [2.45, 2.75) is 50.4 Å². The standard InChI is InChI=1S/C17H20Cl2N4OS/c1-11(13-7-6-12(18)9-14(13)19)20-16(24)10-25-17-22-21-15-5-3-2-4-8-23(15)17/h6-7,9,11H,2-5,8,10H2,1H3,(H,20,24). The lowest BCUT2D eigenvalue weighted by atomic mass is 10.1. The number of nitrogens with one attached hydrogen (secondary N) is 1. The van der Waals surface area contributed by atoms with Crippen LogP contribution in [0, 0.1) is 0 Å². The molecule has 25 heavy (non-hydrogen) atoms. The van der Waals surface area contributed by atoms with Crippen molar-refractivity contribution in [1.82, 2.24) is 20.1 Å². The lowest BCUT2D eigenvalue weighted by Gasteiger charge is -2.16. The van der Waals surface area contributed by atoms with Crippen LogP contribution in [0.1, 0.15) is 43.6 Å². The first-order valence-electron chi connectivity index (χ1n) is 8.34. The number of halogens is 2. The molecule has 0 saturated heterocycles. The maximum absolute atomic E-state index is 12.3. The summed E-state index contributed by atoms with van der Waals surface area (Å²) in [6.45, 7) is 2.84. The van der Waals surface area contributed by atoms with Gasteiger partial charge in [0.05, 0.1) is 11.8 Å². The number of carbonyl (C=O) groups is 1. The van der Waals surface area contributed by atoms with Crippen LogP contribution < -0.4 is 5.32 Å². The molecule has 3 rings (SSSR count). The van der Waals surface area contributed by atoms with Crippen molar-refractivity contribution in [2.75, 3.05) is 5.75 Å². The topological polar surface area (TPSA) is 59.8 Å². The molecule has 1 N–H and O–H groups in total. The summed E-state index contributed by atoms with van der Waals surface area (Å²) in [5.41, 5.74) is 0.848. The third-order valence-corrected chi connectivity index (χ3v) is 5.74. The summed E-state index contributed by atoms with van der Waals surface area (Å²) in [5.74, 6) is 1.27. The van der Waals surface area contributed by atoms with E-state index in [9.17, 15) is 4.79 Å². The van der Waals surface area contributed by atoms with E-state index in [1.54, 1.807) is 12.1 Å². The van der Waals surface area contributed by atoms with Gasteiger partial charge in [-0.15, -0.1) is 10.2 Å². The van der Waals surface area contributed by atoms with Crippen LogP contribution in [0.5, 0.6) is 0 Å². The zero-order valence-electron chi connectivity index (χ0n) is 14.0. The maximum atomic E-state index is 12.3. The smallest absolute Gasteiger partial charge is 0.230 e. The van der Waals surface area contributed by atoms with Gasteiger partial charge in [0.15, 0.2) is 5.16 Å². The summed E-state index contributed by atoms with van der Waals surface area (Å²) >= 11 is 13.5. The third kappa shape index (κ3) is 4.68. The Bertz CT molecular complexity index is 765. The monoisotopic (exact) mass is 398 g/mol. The van der Waals surface area contributed by atoms with Gasteiger partial charge in [-0.25, -0.2) is 0 Å². The molecule has 5 nitrogen and oxygen atoms in total. The van der Waals surface area contributed by atoms with E-state index in [0.717, 1.165) is 42.4 Å². The number of aryl methyl sites for hydroxylation is 1. The summed E-state index contributed by atoms with van der Waals surface area (Å²) in [7, 11) is 0. The summed E-state index contributed by atoms with van der Waals surface area (Å²) < 4.78 is 2.14. The molecule has 1 aromatic heterocycles.